The second kappa shape index (κ2) is 7.64. The van der Waals surface area contributed by atoms with Crippen molar-refractivity contribution in [3.8, 4) is 0 Å². The number of aliphatic hydroxyl groups is 1. The number of nitrogens with zero attached hydrogens (tertiary/aromatic N) is 2. The number of ether oxygens (including phenoxy) is 1. The Morgan fingerprint density at radius 2 is 1.87 bits per heavy atom. The number of benzene rings is 2. The number of piperidine rings is 1. The molecule has 3 aromatic rings. The zero-order valence-electron chi connectivity index (χ0n) is 17.2. The van der Waals surface area contributed by atoms with E-state index in [4.69, 9.17) is 9.72 Å². The third-order valence-corrected chi connectivity index (χ3v) is 6.62. The van der Waals surface area contributed by atoms with Crippen molar-refractivity contribution in [3.05, 3.63) is 71.5 Å². The topological polar surface area (TPSA) is 45.6 Å². The van der Waals surface area contributed by atoms with Crippen molar-refractivity contribution in [2.75, 3.05) is 18.0 Å². The number of fused-ring (bicyclic) bond motifs is 1. The van der Waals surface area contributed by atoms with Crippen LogP contribution < -0.4 is 4.90 Å². The van der Waals surface area contributed by atoms with Gasteiger partial charge in [0.05, 0.1) is 23.3 Å². The fourth-order valence-corrected chi connectivity index (χ4v) is 5.01. The van der Waals surface area contributed by atoms with Crippen LogP contribution in [0.15, 0.2) is 54.6 Å². The molecular weight excluding hydrogens is 379 g/mol. The highest BCUT2D eigenvalue weighted by molar-refractivity contribution is 5.84. The van der Waals surface area contributed by atoms with Crippen molar-refractivity contribution in [2.24, 2.45) is 0 Å². The summed E-state index contributed by atoms with van der Waals surface area (Å²) in [6.07, 6.45) is 2.60. The summed E-state index contributed by atoms with van der Waals surface area (Å²) in [6.45, 7) is 3.66. The summed E-state index contributed by atoms with van der Waals surface area (Å²) in [5.41, 5.74) is 2.63. The van der Waals surface area contributed by atoms with E-state index < -0.39 is 0 Å². The van der Waals surface area contributed by atoms with Crippen LogP contribution in [0.3, 0.4) is 0 Å². The average molecular weight is 407 g/mol. The predicted octanol–water partition coefficient (Wildman–Crippen LogP) is 4.93. The Balaban J connectivity index is 1.35. The first-order chi connectivity index (χ1) is 14.5. The minimum atomic E-state index is -0.348. The van der Waals surface area contributed by atoms with E-state index >= 15 is 0 Å². The first kappa shape index (κ1) is 19.5. The van der Waals surface area contributed by atoms with Gasteiger partial charge in [0.25, 0.3) is 0 Å². The Morgan fingerprint density at radius 1 is 1.10 bits per heavy atom. The quantitative estimate of drug-likeness (QED) is 0.655. The highest BCUT2D eigenvalue weighted by Gasteiger charge is 2.43. The van der Waals surface area contributed by atoms with Gasteiger partial charge in [0, 0.05) is 37.4 Å². The molecule has 2 atom stereocenters. The lowest BCUT2D eigenvalue weighted by Crippen LogP contribution is -2.51. The van der Waals surface area contributed by atoms with E-state index in [0.29, 0.717) is 18.4 Å². The number of pyridine rings is 1. The number of aromatic nitrogens is 1. The lowest BCUT2D eigenvalue weighted by atomic mass is 9.81. The van der Waals surface area contributed by atoms with Crippen LogP contribution in [0.1, 0.15) is 42.9 Å². The van der Waals surface area contributed by atoms with Crippen molar-refractivity contribution in [2.45, 2.75) is 50.4 Å². The van der Waals surface area contributed by atoms with Crippen LogP contribution in [-0.2, 0) is 4.74 Å². The molecule has 5 heteroatoms. The SMILES string of the molecule is Cc1cc(N2CCC3(CC2)C[C@@H](O)C[C@H](c2ccccc2)O3)nc2cc(F)ccc12. The first-order valence-corrected chi connectivity index (χ1v) is 10.7. The maximum atomic E-state index is 13.7. The van der Waals surface area contributed by atoms with Gasteiger partial charge in [-0.2, -0.15) is 0 Å². The van der Waals surface area contributed by atoms with Crippen molar-refractivity contribution in [1.29, 1.82) is 0 Å². The number of hydrogen-bond donors (Lipinski definition) is 1. The van der Waals surface area contributed by atoms with Gasteiger partial charge in [-0.1, -0.05) is 30.3 Å². The molecule has 2 aromatic carbocycles. The molecule has 1 aromatic heterocycles. The maximum Gasteiger partial charge on any atom is 0.129 e. The van der Waals surface area contributed by atoms with Crippen LogP contribution in [0.25, 0.3) is 10.9 Å². The Hall–Kier alpha value is -2.50. The molecule has 3 heterocycles. The Kier molecular flexibility index (Phi) is 4.95. The van der Waals surface area contributed by atoms with Gasteiger partial charge in [0.15, 0.2) is 0 Å². The molecule has 0 aliphatic carbocycles. The summed E-state index contributed by atoms with van der Waals surface area (Å²) in [7, 11) is 0. The third-order valence-electron chi connectivity index (χ3n) is 6.62. The second-order valence-electron chi connectivity index (χ2n) is 8.74. The molecule has 1 spiro atoms. The highest BCUT2D eigenvalue weighted by Crippen LogP contribution is 2.43. The lowest BCUT2D eigenvalue weighted by Gasteiger charge is -2.48. The molecule has 2 fully saturated rings. The minimum Gasteiger partial charge on any atom is -0.393 e. The zero-order chi connectivity index (χ0) is 20.7. The summed E-state index contributed by atoms with van der Waals surface area (Å²) in [5.74, 6) is 0.622. The van der Waals surface area contributed by atoms with Gasteiger partial charge in [0.2, 0.25) is 0 Å². The number of rotatable bonds is 2. The number of anilines is 1. The van der Waals surface area contributed by atoms with Gasteiger partial charge in [-0.25, -0.2) is 9.37 Å². The Morgan fingerprint density at radius 3 is 2.63 bits per heavy atom. The van der Waals surface area contributed by atoms with E-state index in [-0.39, 0.29) is 23.6 Å². The van der Waals surface area contributed by atoms with Gasteiger partial charge < -0.3 is 14.7 Å². The smallest absolute Gasteiger partial charge is 0.129 e. The standard InChI is InChI=1S/C25H27FN2O2/c1-17-13-24(27-22-14-19(26)7-8-21(17)22)28-11-9-25(10-12-28)16-20(29)15-23(30-25)18-5-3-2-4-6-18/h2-8,13-14,20,23,29H,9-12,15-16H2,1H3/t20-,23+/m0/s1. The molecule has 30 heavy (non-hydrogen) atoms. The van der Waals surface area contributed by atoms with E-state index in [1.54, 1.807) is 6.07 Å². The molecule has 4 nitrogen and oxygen atoms in total. The summed E-state index contributed by atoms with van der Waals surface area (Å²) in [6, 6.07) is 17.1. The van der Waals surface area contributed by atoms with E-state index in [0.717, 1.165) is 48.3 Å². The fourth-order valence-electron chi connectivity index (χ4n) is 5.01. The number of halogens is 1. The van der Waals surface area contributed by atoms with Crippen LogP contribution >= 0.6 is 0 Å². The molecule has 5 rings (SSSR count). The van der Waals surface area contributed by atoms with Crippen molar-refractivity contribution >= 4 is 16.7 Å². The van der Waals surface area contributed by atoms with Gasteiger partial charge in [0.1, 0.15) is 11.6 Å². The predicted molar refractivity (Wildman–Crippen MR) is 116 cm³/mol. The second-order valence-corrected chi connectivity index (χ2v) is 8.74. The van der Waals surface area contributed by atoms with Crippen LogP contribution in [-0.4, -0.2) is 34.9 Å². The maximum absolute atomic E-state index is 13.7. The molecule has 2 aliphatic heterocycles. The number of hydrogen-bond acceptors (Lipinski definition) is 4. The van der Waals surface area contributed by atoms with E-state index in [2.05, 4.69) is 23.1 Å². The third kappa shape index (κ3) is 3.68. The molecule has 0 amide bonds. The van der Waals surface area contributed by atoms with Gasteiger partial charge in [-0.05, 0) is 49.1 Å². The molecular formula is C25H27FN2O2. The zero-order valence-corrected chi connectivity index (χ0v) is 17.2. The van der Waals surface area contributed by atoms with E-state index in [1.807, 2.05) is 25.1 Å². The molecule has 1 N–H and O–H groups in total. The fraction of sp³-hybridized carbons (Fsp3) is 0.400. The monoisotopic (exact) mass is 406 g/mol. The minimum absolute atomic E-state index is 0.0643. The molecule has 2 saturated heterocycles. The molecule has 2 aliphatic rings. The molecule has 156 valence electrons. The summed E-state index contributed by atoms with van der Waals surface area (Å²) < 4.78 is 20.3. The normalized spacial score (nSPS) is 23.8. The molecule has 0 saturated carbocycles. The van der Waals surface area contributed by atoms with Crippen LogP contribution in [0.5, 0.6) is 0 Å². The Bertz CT molecular complexity index is 1050. The van der Waals surface area contributed by atoms with Gasteiger partial charge >= 0.3 is 0 Å². The van der Waals surface area contributed by atoms with E-state index in [1.165, 1.54) is 12.1 Å². The highest BCUT2D eigenvalue weighted by atomic mass is 19.1. The average Bonchev–Trinajstić information content (AvgIpc) is 2.74. The molecule has 0 unspecified atom stereocenters. The number of aryl methyl sites for hydroxylation is 1. The van der Waals surface area contributed by atoms with E-state index in [9.17, 15) is 9.50 Å². The molecule has 0 bridgehead atoms. The summed E-state index contributed by atoms with van der Waals surface area (Å²) in [5, 5.41) is 11.6. The van der Waals surface area contributed by atoms with Crippen LogP contribution in [0.4, 0.5) is 10.2 Å². The largest absolute Gasteiger partial charge is 0.393 e. The summed E-state index contributed by atoms with van der Waals surface area (Å²) >= 11 is 0. The van der Waals surface area contributed by atoms with Crippen LogP contribution in [0.2, 0.25) is 0 Å². The van der Waals surface area contributed by atoms with Gasteiger partial charge in [-0.15, -0.1) is 0 Å². The van der Waals surface area contributed by atoms with Crippen molar-refractivity contribution < 1.29 is 14.2 Å². The van der Waals surface area contributed by atoms with Crippen molar-refractivity contribution in [3.63, 3.8) is 0 Å². The number of aliphatic hydroxyl groups excluding tert-OH is 1. The first-order valence-electron chi connectivity index (χ1n) is 10.7. The lowest BCUT2D eigenvalue weighted by molar-refractivity contribution is -0.173. The summed E-state index contributed by atoms with van der Waals surface area (Å²) in [4.78, 5) is 6.98. The molecule has 0 radical (unpaired) electrons. The Labute approximate surface area is 176 Å². The van der Waals surface area contributed by atoms with Gasteiger partial charge in [-0.3, -0.25) is 0 Å². The van der Waals surface area contributed by atoms with Crippen LogP contribution in [0, 0.1) is 12.7 Å². The van der Waals surface area contributed by atoms with Crippen molar-refractivity contribution in [1.82, 2.24) is 4.98 Å².